The molecule has 0 aromatic carbocycles. The van der Waals surface area contributed by atoms with Crippen molar-refractivity contribution in [3.8, 4) is 0 Å². The summed E-state index contributed by atoms with van der Waals surface area (Å²) in [6.07, 6.45) is 4.00. The summed E-state index contributed by atoms with van der Waals surface area (Å²) >= 11 is 0. The number of hydrogen-bond acceptors (Lipinski definition) is 4. The number of hydrogen-bond donors (Lipinski definition) is 1. The van der Waals surface area contributed by atoms with E-state index in [1.807, 2.05) is 17.9 Å². The molecule has 5 heteroatoms. The van der Waals surface area contributed by atoms with Crippen molar-refractivity contribution in [2.75, 3.05) is 44.2 Å². The lowest BCUT2D eigenvalue weighted by molar-refractivity contribution is 0.265. The van der Waals surface area contributed by atoms with E-state index in [4.69, 9.17) is 5.73 Å². The molecule has 0 bridgehead atoms. The topological polar surface area (TPSA) is 50.3 Å². The zero-order valence-corrected chi connectivity index (χ0v) is 9.26. The molecule has 1 aliphatic heterocycles. The maximum Gasteiger partial charge on any atom is 0.0753 e. The van der Waals surface area contributed by atoms with Crippen molar-refractivity contribution in [3.63, 3.8) is 0 Å². The molecule has 0 saturated carbocycles. The van der Waals surface area contributed by atoms with Gasteiger partial charge in [-0.15, -0.1) is 0 Å². The van der Waals surface area contributed by atoms with Crippen LogP contribution < -0.4 is 10.6 Å². The maximum atomic E-state index is 5.54. The molecule has 1 saturated heterocycles. The zero-order valence-electron chi connectivity index (χ0n) is 9.26. The normalized spacial score (nSPS) is 18.4. The van der Waals surface area contributed by atoms with Crippen LogP contribution in [0.1, 0.15) is 0 Å². The highest BCUT2D eigenvalue weighted by Crippen LogP contribution is 2.14. The summed E-state index contributed by atoms with van der Waals surface area (Å²) in [4.78, 5) is 4.78. The van der Waals surface area contributed by atoms with Gasteiger partial charge in [0.15, 0.2) is 0 Å². The Morgan fingerprint density at radius 3 is 2.60 bits per heavy atom. The van der Waals surface area contributed by atoms with Crippen molar-refractivity contribution in [1.82, 2.24) is 14.7 Å². The minimum atomic E-state index is 0.757. The van der Waals surface area contributed by atoms with Crippen molar-refractivity contribution < 1.29 is 0 Å². The van der Waals surface area contributed by atoms with Gasteiger partial charge in [-0.1, -0.05) is 0 Å². The Kier molecular flexibility index (Phi) is 3.23. The molecule has 0 amide bonds. The van der Waals surface area contributed by atoms with Crippen LogP contribution in [0, 0.1) is 0 Å². The summed E-state index contributed by atoms with van der Waals surface area (Å²) in [5.41, 5.74) is 6.77. The Morgan fingerprint density at radius 2 is 2.07 bits per heavy atom. The van der Waals surface area contributed by atoms with Crippen LogP contribution in [0.2, 0.25) is 0 Å². The van der Waals surface area contributed by atoms with E-state index in [-0.39, 0.29) is 0 Å². The molecule has 0 unspecified atom stereocenters. The highest BCUT2D eigenvalue weighted by molar-refractivity contribution is 5.42. The summed E-state index contributed by atoms with van der Waals surface area (Å²) in [7, 11) is 1.95. The van der Waals surface area contributed by atoms with Gasteiger partial charge in [-0.3, -0.25) is 9.58 Å². The third-order valence-electron chi connectivity index (χ3n) is 2.87. The lowest BCUT2D eigenvalue weighted by atomic mass is 10.3. The molecule has 5 nitrogen and oxygen atoms in total. The number of aromatic nitrogens is 2. The second-order valence-electron chi connectivity index (χ2n) is 3.99. The van der Waals surface area contributed by atoms with Crippen LogP contribution in [-0.4, -0.2) is 53.9 Å². The molecule has 0 spiro atoms. The maximum absolute atomic E-state index is 5.54. The Bertz CT molecular complexity index is 301. The van der Waals surface area contributed by atoms with Gasteiger partial charge in [0.05, 0.1) is 11.9 Å². The van der Waals surface area contributed by atoms with Crippen molar-refractivity contribution in [2.45, 2.75) is 0 Å². The second kappa shape index (κ2) is 4.63. The lowest BCUT2D eigenvalue weighted by Crippen LogP contribution is -2.47. The van der Waals surface area contributed by atoms with E-state index in [0.717, 1.165) is 39.3 Å². The second-order valence-corrected chi connectivity index (χ2v) is 3.99. The smallest absolute Gasteiger partial charge is 0.0753 e. The SMILES string of the molecule is Cn1cc(N2CCN(CCN)CC2)cn1. The first-order valence-corrected chi connectivity index (χ1v) is 5.45. The van der Waals surface area contributed by atoms with Crippen LogP contribution in [-0.2, 0) is 7.05 Å². The highest BCUT2D eigenvalue weighted by atomic mass is 15.3. The van der Waals surface area contributed by atoms with Gasteiger partial charge in [-0.2, -0.15) is 5.10 Å². The van der Waals surface area contributed by atoms with Crippen molar-refractivity contribution in [1.29, 1.82) is 0 Å². The molecule has 0 radical (unpaired) electrons. The fourth-order valence-corrected chi connectivity index (χ4v) is 1.98. The van der Waals surface area contributed by atoms with Gasteiger partial charge < -0.3 is 10.6 Å². The first kappa shape index (κ1) is 10.4. The molecular weight excluding hydrogens is 190 g/mol. The first-order chi connectivity index (χ1) is 7.29. The van der Waals surface area contributed by atoms with Gasteiger partial charge in [0, 0.05) is 52.5 Å². The fourth-order valence-electron chi connectivity index (χ4n) is 1.98. The van der Waals surface area contributed by atoms with Gasteiger partial charge in [-0.25, -0.2) is 0 Å². The molecule has 2 N–H and O–H groups in total. The fraction of sp³-hybridized carbons (Fsp3) is 0.700. The van der Waals surface area contributed by atoms with Gasteiger partial charge >= 0.3 is 0 Å². The molecule has 0 atom stereocenters. The van der Waals surface area contributed by atoms with E-state index in [0.29, 0.717) is 0 Å². The van der Waals surface area contributed by atoms with E-state index >= 15 is 0 Å². The molecule has 1 aromatic heterocycles. The number of anilines is 1. The average Bonchev–Trinajstić information content (AvgIpc) is 2.67. The van der Waals surface area contributed by atoms with Crippen LogP contribution >= 0.6 is 0 Å². The van der Waals surface area contributed by atoms with E-state index in [1.165, 1.54) is 5.69 Å². The number of nitrogens with two attached hydrogens (primary N) is 1. The Morgan fingerprint density at radius 1 is 1.33 bits per heavy atom. The van der Waals surface area contributed by atoms with Gasteiger partial charge in [0.2, 0.25) is 0 Å². The molecule has 1 aliphatic rings. The van der Waals surface area contributed by atoms with Crippen LogP contribution in [0.4, 0.5) is 5.69 Å². The Balaban J connectivity index is 1.88. The average molecular weight is 209 g/mol. The van der Waals surface area contributed by atoms with E-state index in [2.05, 4.69) is 21.1 Å². The summed E-state index contributed by atoms with van der Waals surface area (Å²) in [5.74, 6) is 0. The van der Waals surface area contributed by atoms with Crippen molar-refractivity contribution in [2.24, 2.45) is 12.8 Å². The predicted octanol–water partition coefficient (Wildman–Crippen LogP) is -0.499. The highest BCUT2D eigenvalue weighted by Gasteiger charge is 2.16. The van der Waals surface area contributed by atoms with Gasteiger partial charge in [0.25, 0.3) is 0 Å². The Hall–Kier alpha value is -1.07. The standard InChI is InChI=1S/C10H19N5/c1-13-9-10(8-12-13)15-6-4-14(3-2-11)5-7-15/h8-9H,2-7,11H2,1H3. The Labute approximate surface area is 90.4 Å². The van der Waals surface area contributed by atoms with Gasteiger partial charge in [-0.05, 0) is 0 Å². The third-order valence-corrected chi connectivity index (χ3v) is 2.87. The zero-order chi connectivity index (χ0) is 10.7. The summed E-state index contributed by atoms with van der Waals surface area (Å²) in [6, 6.07) is 0. The molecule has 1 fully saturated rings. The molecule has 2 rings (SSSR count). The van der Waals surface area contributed by atoms with Crippen LogP contribution in [0.5, 0.6) is 0 Å². The summed E-state index contributed by atoms with van der Waals surface area (Å²) in [5, 5.41) is 4.19. The third kappa shape index (κ3) is 2.49. The van der Waals surface area contributed by atoms with Crippen LogP contribution in [0.25, 0.3) is 0 Å². The summed E-state index contributed by atoms with van der Waals surface area (Å²) in [6.45, 7) is 6.13. The monoisotopic (exact) mass is 209 g/mol. The molecule has 1 aromatic rings. The van der Waals surface area contributed by atoms with E-state index in [1.54, 1.807) is 0 Å². The number of aryl methyl sites for hydroxylation is 1. The molecular formula is C10H19N5. The number of piperazine rings is 1. The van der Waals surface area contributed by atoms with Crippen molar-refractivity contribution in [3.05, 3.63) is 12.4 Å². The van der Waals surface area contributed by atoms with E-state index in [9.17, 15) is 0 Å². The first-order valence-electron chi connectivity index (χ1n) is 5.45. The number of nitrogens with zero attached hydrogens (tertiary/aromatic N) is 4. The lowest BCUT2D eigenvalue weighted by Gasteiger charge is -2.35. The number of rotatable bonds is 3. The minimum absolute atomic E-state index is 0.757. The molecule has 15 heavy (non-hydrogen) atoms. The largest absolute Gasteiger partial charge is 0.366 e. The van der Waals surface area contributed by atoms with Crippen LogP contribution in [0.3, 0.4) is 0 Å². The van der Waals surface area contributed by atoms with Crippen LogP contribution in [0.15, 0.2) is 12.4 Å². The predicted molar refractivity (Wildman–Crippen MR) is 60.9 cm³/mol. The molecule has 2 heterocycles. The molecule has 0 aliphatic carbocycles. The minimum Gasteiger partial charge on any atom is -0.366 e. The molecule has 84 valence electrons. The van der Waals surface area contributed by atoms with Crippen molar-refractivity contribution >= 4 is 5.69 Å². The van der Waals surface area contributed by atoms with Gasteiger partial charge in [0.1, 0.15) is 0 Å². The van der Waals surface area contributed by atoms with E-state index < -0.39 is 0 Å². The summed E-state index contributed by atoms with van der Waals surface area (Å²) < 4.78 is 1.85. The quantitative estimate of drug-likeness (QED) is 0.729.